The third-order valence-electron chi connectivity index (χ3n) is 3.22. The number of rotatable bonds is 5. The molecule has 0 spiro atoms. The molecule has 0 saturated heterocycles. The van der Waals surface area contributed by atoms with Gasteiger partial charge in [0.1, 0.15) is 18.0 Å². The molecule has 3 aromatic rings. The van der Waals surface area contributed by atoms with E-state index in [2.05, 4.69) is 25.9 Å². The molecule has 0 bridgehead atoms. The maximum Gasteiger partial charge on any atom is 0.323 e. The molecule has 0 atom stereocenters. The zero-order chi connectivity index (χ0) is 19.6. The second kappa shape index (κ2) is 9.88. The monoisotopic (exact) mass is 387 g/mol. The smallest absolute Gasteiger partial charge is 0.323 e. The number of nitrogen functional groups attached to an aromatic ring is 1. The fourth-order valence-electron chi connectivity index (χ4n) is 2.09. The number of urea groups is 1. The molecular formula is C18H25N7OS. The van der Waals surface area contributed by atoms with Gasteiger partial charge in [-0.2, -0.15) is 11.3 Å². The Bertz CT molecular complexity index is 907. The first kappa shape index (κ1) is 19.9. The molecule has 0 aliphatic rings. The lowest BCUT2D eigenvalue weighted by molar-refractivity contribution is 0.262. The van der Waals surface area contributed by atoms with Crippen LogP contribution in [0.2, 0.25) is 0 Å². The summed E-state index contributed by atoms with van der Waals surface area (Å²) in [5, 5.41) is 19.7. The average molecular weight is 388 g/mol. The Labute approximate surface area is 164 Å². The minimum Gasteiger partial charge on any atom is -0.383 e. The highest BCUT2D eigenvalue weighted by atomic mass is 32.1. The fourth-order valence-corrected chi connectivity index (χ4v) is 2.68. The third-order valence-corrected chi connectivity index (χ3v) is 3.90. The van der Waals surface area contributed by atoms with Gasteiger partial charge in [0.25, 0.3) is 0 Å². The largest absolute Gasteiger partial charge is 0.383 e. The van der Waals surface area contributed by atoms with E-state index < -0.39 is 0 Å². The van der Waals surface area contributed by atoms with Crippen LogP contribution in [0.4, 0.5) is 33.5 Å². The lowest BCUT2D eigenvalue weighted by Gasteiger charge is -2.11. The van der Waals surface area contributed by atoms with Gasteiger partial charge >= 0.3 is 6.03 Å². The van der Waals surface area contributed by atoms with E-state index in [1.54, 1.807) is 18.2 Å². The lowest BCUT2D eigenvalue weighted by atomic mass is 10.2. The van der Waals surface area contributed by atoms with Crippen molar-refractivity contribution in [3.63, 3.8) is 0 Å². The summed E-state index contributed by atoms with van der Waals surface area (Å²) in [6, 6.07) is 8.61. The standard InChI is InChI=1S/C16H15N7OS.C2H6.2H2/c17-7-13-14(18)19-9-20-15(13)21-10-2-1-3-11(6-10)22-16(24)23-12-4-5-25-8-12;1-2;;/h1-9,17H,(H2,22,23,24)(H3,18,19,20,21);1-2H3;2*1H. The zero-order valence-corrected chi connectivity index (χ0v) is 15.8. The summed E-state index contributed by atoms with van der Waals surface area (Å²) in [5.41, 5.74) is 8.17. The van der Waals surface area contributed by atoms with Crippen LogP contribution in [0.1, 0.15) is 22.3 Å². The Balaban J connectivity index is 0.00000190. The highest BCUT2D eigenvalue weighted by molar-refractivity contribution is 7.08. The first-order valence-corrected chi connectivity index (χ1v) is 9.18. The van der Waals surface area contributed by atoms with Gasteiger partial charge in [-0.1, -0.05) is 19.9 Å². The summed E-state index contributed by atoms with van der Waals surface area (Å²) in [4.78, 5) is 19.9. The highest BCUT2D eigenvalue weighted by Gasteiger charge is 2.08. The van der Waals surface area contributed by atoms with Crippen LogP contribution in [0.15, 0.2) is 47.4 Å². The Morgan fingerprint density at radius 1 is 1.19 bits per heavy atom. The van der Waals surface area contributed by atoms with Crippen molar-refractivity contribution in [1.29, 1.82) is 5.41 Å². The summed E-state index contributed by atoms with van der Waals surface area (Å²) in [7, 11) is 0. The Morgan fingerprint density at radius 2 is 1.93 bits per heavy atom. The maximum atomic E-state index is 12.0. The van der Waals surface area contributed by atoms with Crippen molar-refractivity contribution in [2.75, 3.05) is 21.7 Å². The first-order valence-electron chi connectivity index (χ1n) is 8.24. The Kier molecular flexibility index (Phi) is 7.26. The summed E-state index contributed by atoms with van der Waals surface area (Å²) < 4.78 is 0. The molecule has 2 aromatic heterocycles. The van der Waals surface area contributed by atoms with Crippen molar-refractivity contribution < 1.29 is 7.65 Å². The first-order chi connectivity index (χ1) is 13.2. The predicted octanol–water partition coefficient (Wildman–Crippen LogP) is 5.02. The van der Waals surface area contributed by atoms with Gasteiger partial charge < -0.3 is 27.1 Å². The highest BCUT2D eigenvalue weighted by Crippen LogP contribution is 2.22. The van der Waals surface area contributed by atoms with Crippen molar-refractivity contribution >= 4 is 52.3 Å². The van der Waals surface area contributed by atoms with E-state index in [9.17, 15) is 4.79 Å². The molecular weight excluding hydrogens is 362 g/mol. The van der Waals surface area contributed by atoms with Gasteiger partial charge in [0.15, 0.2) is 0 Å². The molecule has 0 unspecified atom stereocenters. The Morgan fingerprint density at radius 3 is 2.63 bits per heavy atom. The number of carbonyl (C=O) groups excluding carboxylic acids is 1. The molecule has 9 heteroatoms. The number of thiophene rings is 1. The van der Waals surface area contributed by atoms with Crippen LogP contribution in [0.5, 0.6) is 0 Å². The van der Waals surface area contributed by atoms with Gasteiger partial charge in [0.05, 0.1) is 11.3 Å². The summed E-state index contributed by atoms with van der Waals surface area (Å²) >= 11 is 1.50. The van der Waals surface area contributed by atoms with E-state index >= 15 is 0 Å². The fraction of sp³-hybridized carbons (Fsp3) is 0.111. The topological polar surface area (TPSA) is 129 Å². The number of carbonyl (C=O) groups is 1. The quantitative estimate of drug-likeness (QED) is 0.392. The zero-order valence-electron chi connectivity index (χ0n) is 15.0. The molecule has 144 valence electrons. The van der Waals surface area contributed by atoms with Crippen molar-refractivity contribution in [2.45, 2.75) is 13.8 Å². The maximum absolute atomic E-state index is 12.0. The van der Waals surface area contributed by atoms with E-state index in [0.29, 0.717) is 22.8 Å². The van der Waals surface area contributed by atoms with Crippen LogP contribution < -0.4 is 21.7 Å². The number of nitrogens with zero attached hydrogens (tertiary/aromatic N) is 2. The van der Waals surface area contributed by atoms with Gasteiger partial charge in [-0.3, -0.25) is 0 Å². The van der Waals surface area contributed by atoms with E-state index in [4.69, 9.17) is 11.1 Å². The van der Waals surface area contributed by atoms with Crippen LogP contribution in [0, 0.1) is 5.41 Å². The van der Waals surface area contributed by atoms with Crippen LogP contribution in [0.3, 0.4) is 0 Å². The number of nitrogens with two attached hydrogens (primary N) is 1. The normalized spacial score (nSPS) is 9.56. The van der Waals surface area contributed by atoms with Gasteiger partial charge in [0, 0.05) is 25.8 Å². The number of benzene rings is 1. The Hall–Kier alpha value is -3.46. The molecule has 0 aliphatic heterocycles. The van der Waals surface area contributed by atoms with E-state index in [1.807, 2.05) is 36.7 Å². The minimum atomic E-state index is -0.331. The summed E-state index contributed by atoms with van der Waals surface area (Å²) in [6.45, 7) is 4.00. The summed E-state index contributed by atoms with van der Waals surface area (Å²) in [5.74, 6) is 0.638. The SMILES string of the molecule is CC.N=Cc1c(N)ncnc1Nc1cccc(NC(=O)Nc2ccsc2)c1.[HH].[HH]. The third kappa shape index (κ3) is 5.51. The van der Waals surface area contributed by atoms with E-state index in [1.165, 1.54) is 17.7 Å². The molecule has 2 heterocycles. The number of hydrogen-bond acceptors (Lipinski definition) is 7. The van der Waals surface area contributed by atoms with E-state index in [-0.39, 0.29) is 14.7 Å². The number of nitrogens with one attached hydrogen (secondary N) is 4. The predicted molar refractivity (Wildman–Crippen MR) is 117 cm³/mol. The van der Waals surface area contributed by atoms with Crippen LogP contribution in [-0.4, -0.2) is 22.2 Å². The average Bonchev–Trinajstić information content (AvgIpc) is 3.17. The van der Waals surface area contributed by atoms with Crippen molar-refractivity contribution in [3.8, 4) is 0 Å². The second-order valence-corrected chi connectivity index (χ2v) is 5.74. The molecule has 0 aliphatic carbocycles. The molecule has 27 heavy (non-hydrogen) atoms. The van der Waals surface area contributed by atoms with Gasteiger partial charge in [-0.25, -0.2) is 14.8 Å². The number of amides is 2. The number of aromatic nitrogens is 2. The summed E-state index contributed by atoms with van der Waals surface area (Å²) in [6.07, 6.45) is 2.41. The van der Waals surface area contributed by atoms with Gasteiger partial charge in [-0.15, -0.1) is 0 Å². The molecule has 0 radical (unpaired) electrons. The van der Waals surface area contributed by atoms with Crippen molar-refractivity contribution in [1.82, 2.24) is 9.97 Å². The molecule has 6 N–H and O–H groups in total. The van der Waals surface area contributed by atoms with Crippen molar-refractivity contribution in [3.05, 3.63) is 53.0 Å². The van der Waals surface area contributed by atoms with Gasteiger partial charge in [-0.05, 0) is 29.6 Å². The molecule has 2 amide bonds. The lowest BCUT2D eigenvalue weighted by Crippen LogP contribution is -2.19. The van der Waals surface area contributed by atoms with Gasteiger partial charge in [0.2, 0.25) is 0 Å². The number of hydrogen-bond donors (Lipinski definition) is 5. The molecule has 0 fully saturated rings. The molecule has 1 aromatic carbocycles. The van der Waals surface area contributed by atoms with Crippen LogP contribution in [0.25, 0.3) is 0 Å². The van der Waals surface area contributed by atoms with Crippen LogP contribution >= 0.6 is 11.3 Å². The molecule has 8 nitrogen and oxygen atoms in total. The minimum absolute atomic E-state index is 0. The number of anilines is 5. The molecule has 3 rings (SSSR count). The molecule has 0 saturated carbocycles. The van der Waals surface area contributed by atoms with Crippen LogP contribution in [-0.2, 0) is 0 Å². The second-order valence-electron chi connectivity index (χ2n) is 4.96. The van der Waals surface area contributed by atoms with E-state index in [0.717, 1.165) is 11.9 Å². The van der Waals surface area contributed by atoms with Crippen molar-refractivity contribution in [2.24, 2.45) is 0 Å².